The van der Waals surface area contributed by atoms with Gasteiger partial charge in [-0.3, -0.25) is 4.79 Å². The van der Waals surface area contributed by atoms with Crippen molar-refractivity contribution in [3.8, 4) is 0 Å². The summed E-state index contributed by atoms with van der Waals surface area (Å²) in [4.78, 5) is 18.0. The van der Waals surface area contributed by atoms with Crippen LogP contribution in [0.25, 0.3) is 0 Å². The molecular formula is C11H15Cl2N3O. The van der Waals surface area contributed by atoms with E-state index in [2.05, 4.69) is 10.3 Å². The Hall–Kier alpha value is -0.840. The third kappa shape index (κ3) is 3.09. The number of carbonyl (C=O) groups excluding carboxylic acids is 1. The minimum atomic E-state index is -0.0351. The number of nitrogens with one attached hydrogen (secondary N) is 1. The Morgan fingerprint density at radius 3 is 3.06 bits per heavy atom. The van der Waals surface area contributed by atoms with Gasteiger partial charge in [0, 0.05) is 31.9 Å². The molecule has 1 amide bonds. The molecule has 1 aliphatic heterocycles. The standard InChI is InChI=1S/C11H14ClN3O.ClH/c1-8-7-13-5-6-15(8)11(16)9-3-2-4-14-10(9)12;/h2-4,8,13H,5-7H2,1H3;1H. The zero-order valence-corrected chi connectivity index (χ0v) is 11.1. The fourth-order valence-electron chi connectivity index (χ4n) is 1.84. The molecule has 1 unspecified atom stereocenters. The van der Waals surface area contributed by atoms with E-state index in [-0.39, 0.29) is 29.5 Å². The van der Waals surface area contributed by atoms with Crippen molar-refractivity contribution in [2.45, 2.75) is 13.0 Å². The molecule has 0 aliphatic carbocycles. The van der Waals surface area contributed by atoms with Crippen molar-refractivity contribution in [1.82, 2.24) is 15.2 Å². The smallest absolute Gasteiger partial charge is 0.257 e. The van der Waals surface area contributed by atoms with Gasteiger partial charge in [-0.15, -0.1) is 12.4 Å². The molecule has 17 heavy (non-hydrogen) atoms. The normalized spacial score (nSPS) is 19.6. The van der Waals surface area contributed by atoms with Crippen molar-refractivity contribution >= 4 is 29.9 Å². The van der Waals surface area contributed by atoms with Crippen LogP contribution in [-0.2, 0) is 0 Å². The third-order valence-electron chi connectivity index (χ3n) is 2.75. The van der Waals surface area contributed by atoms with Gasteiger partial charge >= 0.3 is 0 Å². The first kappa shape index (κ1) is 14.2. The Morgan fingerprint density at radius 2 is 2.41 bits per heavy atom. The molecule has 0 spiro atoms. The quantitative estimate of drug-likeness (QED) is 0.792. The first-order chi connectivity index (χ1) is 7.70. The topological polar surface area (TPSA) is 45.2 Å². The molecule has 1 fully saturated rings. The molecule has 0 saturated carbocycles. The van der Waals surface area contributed by atoms with Crippen molar-refractivity contribution in [2.24, 2.45) is 0 Å². The molecule has 0 bridgehead atoms. The van der Waals surface area contributed by atoms with Crippen LogP contribution in [0.5, 0.6) is 0 Å². The monoisotopic (exact) mass is 275 g/mol. The van der Waals surface area contributed by atoms with E-state index in [4.69, 9.17) is 11.6 Å². The number of piperazine rings is 1. The molecule has 0 aromatic carbocycles. The maximum atomic E-state index is 12.2. The summed E-state index contributed by atoms with van der Waals surface area (Å²) < 4.78 is 0. The van der Waals surface area contributed by atoms with Crippen molar-refractivity contribution in [3.05, 3.63) is 29.0 Å². The maximum absolute atomic E-state index is 12.2. The Labute approximate surface area is 112 Å². The summed E-state index contributed by atoms with van der Waals surface area (Å²) in [6.07, 6.45) is 1.58. The number of pyridine rings is 1. The molecule has 1 aromatic heterocycles. The van der Waals surface area contributed by atoms with Crippen LogP contribution in [0.2, 0.25) is 5.15 Å². The second-order valence-electron chi connectivity index (χ2n) is 3.89. The van der Waals surface area contributed by atoms with E-state index in [0.717, 1.165) is 13.1 Å². The summed E-state index contributed by atoms with van der Waals surface area (Å²) in [5.74, 6) is -0.0351. The van der Waals surface area contributed by atoms with E-state index in [0.29, 0.717) is 12.1 Å². The molecule has 6 heteroatoms. The lowest BCUT2D eigenvalue weighted by Crippen LogP contribution is -2.52. The summed E-state index contributed by atoms with van der Waals surface area (Å²) in [7, 11) is 0. The fraction of sp³-hybridized carbons (Fsp3) is 0.455. The molecule has 1 aliphatic rings. The maximum Gasteiger partial charge on any atom is 0.257 e. The number of hydrogen-bond donors (Lipinski definition) is 1. The van der Waals surface area contributed by atoms with E-state index >= 15 is 0 Å². The predicted octanol–water partition coefficient (Wildman–Crippen LogP) is 1.59. The molecule has 1 N–H and O–H groups in total. The van der Waals surface area contributed by atoms with Crippen LogP contribution in [0.4, 0.5) is 0 Å². The van der Waals surface area contributed by atoms with E-state index < -0.39 is 0 Å². The number of halogens is 2. The first-order valence-corrected chi connectivity index (χ1v) is 5.70. The third-order valence-corrected chi connectivity index (χ3v) is 3.05. The lowest BCUT2D eigenvalue weighted by Gasteiger charge is -2.34. The van der Waals surface area contributed by atoms with Crippen molar-refractivity contribution in [2.75, 3.05) is 19.6 Å². The summed E-state index contributed by atoms with van der Waals surface area (Å²) in [6.45, 7) is 4.39. The van der Waals surface area contributed by atoms with Crippen LogP contribution in [0.1, 0.15) is 17.3 Å². The van der Waals surface area contributed by atoms with Gasteiger partial charge in [-0.25, -0.2) is 4.98 Å². The summed E-state index contributed by atoms with van der Waals surface area (Å²) >= 11 is 5.91. The highest BCUT2D eigenvalue weighted by Gasteiger charge is 2.25. The van der Waals surface area contributed by atoms with E-state index in [1.807, 2.05) is 11.8 Å². The minimum Gasteiger partial charge on any atom is -0.333 e. The van der Waals surface area contributed by atoms with Gasteiger partial charge in [-0.1, -0.05) is 11.6 Å². The van der Waals surface area contributed by atoms with Crippen LogP contribution >= 0.6 is 24.0 Å². The van der Waals surface area contributed by atoms with E-state index in [9.17, 15) is 4.79 Å². The Kier molecular flexibility index (Phi) is 5.18. The Morgan fingerprint density at radius 1 is 1.65 bits per heavy atom. The van der Waals surface area contributed by atoms with Gasteiger partial charge in [0.25, 0.3) is 5.91 Å². The second-order valence-corrected chi connectivity index (χ2v) is 4.25. The van der Waals surface area contributed by atoms with Crippen molar-refractivity contribution in [3.63, 3.8) is 0 Å². The van der Waals surface area contributed by atoms with Gasteiger partial charge in [0.2, 0.25) is 0 Å². The molecule has 2 heterocycles. The lowest BCUT2D eigenvalue weighted by molar-refractivity contribution is 0.0655. The minimum absolute atomic E-state index is 0. The first-order valence-electron chi connectivity index (χ1n) is 5.32. The van der Waals surface area contributed by atoms with Crippen LogP contribution in [0, 0.1) is 0 Å². The van der Waals surface area contributed by atoms with Crippen LogP contribution in [0.15, 0.2) is 18.3 Å². The lowest BCUT2D eigenvalue weighted by atomic mass is 10.1. The van der Waals surface area contributed by atoms with Crippen LogP contribution < -0.4 is 5.32 Å². The summed E-state index contributed by atoms with van der Waals surface area (Å²) in [5.41, 5.74) is 0.484. The van der Waals surface area contributed by atoms with Crippen LogP contribution in [-0.4, -0.2) is 41.5 Å². The molecule has 2 rings (SSSR count). The molecule has 0 radical (unpaired) electrons. The number of nitrogens with zero attached hydrogens (tertiary/aromatic N) is 2. The zero-order valence-electron chi connectivity index (χ0n) is 9.52. The van der Waals surface area contributed by atoms with Crippen LogP contribution in [0.3, 0.4) is 0 Å². The number of rotatable bonds is 1. The average Bonchev–Trinajstić information content (AvgIpc) is 2.29. The molecule has 4 nitrogen and oxygen atoms in total. The molecular weight excluding hydrogens is 261 g/mol. The van der Waals surface area contributed by atoms with Gasteiger partial charge in [0.15, 0.2) is 0 Å². The van der Waals surface area contributed by atoms with Gasteiger partial charge in [0.05, 0.1) is 5.56 Å². The number of carbonyl (C=O) groups is 1. The van der Waals surface area contributed by atoms with Gasteiger partial charge in [-0.05, 0) is 19.1 Å². The largest absolute Gasteiger partial charge is 0.333 e. The van der Waals surface area contributed by atoms with E-state index in [1.165, 1.54) is 0 Å². The highest BCUT2D eigenvalue weighted by atomic mass is 35.5. The predicted molar refractivity (Wildman–Crippen MR) is 69.9 cm³/mol. The highest BCUT2D eigenvalue weighted by molar-refractivity contribution is 6.32. The van der Waals surface area contributed by atoms with Gasteiger partial charge < -0.3 is 10.2 Å². The molecule has 1 saturated heterocycles. The SMILES string of the molecule is CC1CNCCN1C(=O)c1cccnc1Cl.Cl. The second kappa shape index (κ2) is 6.19. The van der Waals surface area contributed by atoms with Crippen molar-refractivity contribution < 1.29 is 4.79 Å². The van der Waals surface area contributed by atoms with Gasteiger partial charge in [0.1, 0.15) is 5.15 Å². The number of hydrogen-bond acceptors (Lipinski definition) is 3. The molecule has 1 aromatic rings. The van der Waals surface area contributed by atoms with Gasteiger partial charge in [-0.2, -0.15) is 0 Å². The number of aromatic nitrogens is 1. The average molecular weight is 276 g/mol. The molecule has 1 atom stereocenters. The summed E-state index contributed by atoms with van der Waals surface area (Å²) in [6, 6.07) is 3.64. The Bertz CT molecular complexity index is 400. The highest BCUT2D eigenvalue weighted by Crippen LogP contribution is 2.16. The van der Waals surface area contributed by atoms with Crippen molar-refractivity contribution in [1.29, 1.82) is 0 Å². The summed E-state index contributed by atoms with van der Waals surface area (Å²) in [5, 5.41) is 3.52. The fourth-order valence-corrected chi connectivity index (χ4v) is 2.04. The zero-order chi connectivity index (χ0) is 11.5. The van der Waals surface area contributed by atoms with E-state index in [1.54, 1.807) is 18.3 Å². The number of amides is 1. The Balaban J connectivity index is 0.00000144. The molecule has 94 valence electrons.